The number of thiophene rings is 1. The number of anilines is 1. The molecule has 0 radical (unpaired) electrons. The Morgan fingerprint density at radius 2 is 2.20 bits per heavy atom. The largest absolute Gasteiger partial charge is 0.367 e. The number of nitrogens with one attached hydrogen (secondary N) is 2. The molecule has 0 saturated carbocycles. The molecule has 1 amide bonds. The summed E-state index contributed by atoms with van der Waals surface area (Å²) in [5.41, 5.74) is 1.11. The van der Waals surface area contributed by atoms with E-state index in [0.717, 1.165) is 31.5 Å². The highest BCUT2D eigenvalue weighted by Crippen LogP contribution is 2.28. The van der Waals surface area contributed by atoms with Crippen LogP contribution in [0.3, 0.4) is 0 Å². The van der Waals surface area contributed by atoms with E-state index in [-0.39, 0.29) is 11.5 Å². The first-order valence-electron chi connectivity index (χ1n) is 10.00. The van der Waals surface area contributed by atoms with E-state index >= 15 is 0 Å². The Bertz CT molecular complexity index is 1210. The molecule has 9 heteroatoms. The van der Waals surface area contributed by atoms with Crippen LogP contribution in [-0.2, 0) is 13.0 Å². The van der Waals surface area contributed by atoms with Crippen LogP contribution in [0.25, 0.3) is 10.2 Å². The van der Waals surface area contributed by atoms with Crippen LogP contribution in [0.15, 0.2) is 23.1 Å². The topological polar surface area (TPSA) is 113 Å². The highest BCUT2D eigenvalue weighted by atomic mass is 32.1. The van der Waals surface area contributed by atoms with Gasteiger partial charge >= 0.3 is 0 Å². The zero-order chi connectivity index (χ0) is 21.1. The summed E-state index contributed by atoms with van der Waals surface area (Å²) in [5, 5.41) is 15.6. The molecule has 8 nitrogen and oxygen atoms in total. The molecule has 1 aliphatic heterocycles. The number of hydrogen-bond donors (Lipinski definition) is 2. The van der Waals surface area contributed by atoms with Gasteiger partial charge in [-0.15, -0.1) is 11.3 Å². The lowest BCUT2D eigenvalue weighted by atomic mass is 10.2. The van der Waals surface area contributed by atoms with Gasteiger partial charge in [-0.1, -0.05) is 6.42 Å². The van der Waals surface area contributed by atoms with Crippen molar-refractivity contribution in [3.63, 3.8) is 0 Å². The standard InChI is InChI=1S/C21H22N6O2S/c1-13-16-20(26-15-7-3-2-4-11-27(15)21(16)29)30-17(13)19(28)25-10-9-24-18-14(12-22)6-5-8-23-18/h5-6,8H,2-4,7,9-11H2,1H3,(H,23,24)(H,25,28). The van der Waals surface area contributed by atoms with Crippen molar-refractivity contribution >= 4 is 33.3 Å². The zero-order valence-corrected chi connectivity index (χ0v) is 17.5. The SMILES string of the molecule is Cc1c(C(=O)NCCNc2ncccc2C#N)sc2nc3n(c(=O)c12)CCCCC3. The van der Waals surface area contributed by atoms with E-state index in [9.17, 15) is 9.59 Å². The normalized spacial score (nSPS) is 13.3. The van der Waals surface area contributed by atoms with E-state index < -0.39 is 0 Å². The lowest BCUT2D eigenvalue weighted by molar-refractivity contribution is 0.0958. The monoisotopic (exact) mass is 422 g/mol. The molecule has 4 heterocycles. The van der Waals surface area contributed by atoms with Crippen molar-refractivity contribution in [2.75, 3.05) is 18.4 Å². The summed E-state index contributed by atoms with van der Waals surface area (Å²) < 4.78 is 1.78. The molecular formula is C21H22N6O2S. The second-order valence-corrected chi connectivity index (χ2v) is 8.22. The van der Waals surface area contributed by atoms with Gasteiger partial charge in [-0.25, -0.2) is 9.97 Å². The van der Waals surface area contributed by atoms with Crippen LogP contribution in [0.1, 0.15) is 45.9 Å². The van der Waals surface area contributed by atoms with Gasteiger partial charge in [-0.3, -0.25) is 14.2 Å². The number of carbonyl (C=O) groups excluding carboxylic acids is 1. The number of aryl methyl sites for hydroxylation is 2. The first-order chi connectivity index (χ1) is 14.6. The fourth-order valence-electron chi connectivity index (χ4n) is 3.70. The Balaban J connectivity index is 1.48. The first kappa shape index (κ1) is 20.0. The van der Waals surface area contributed by atoms with Crippen molar-refractivity contribution in [2.24, 2.45) is 0 Å². The maximum Gasteiger partial charge on any atom is 0.262 e. The van der Waals surface area contributed by atoms with Crippen molar-refractivity contribution in [1.82, 2.24) is 19.9 Å². The van der Waals surface area contributed by atoms with E-state index in [1.54, 1.807) is 22.9 Å². The molecule has 2 N–H and O–H groups in total. The maximum atomic E-state index is 13.0. The number of hydrogen-bond acceptors (Lipinski definition) is 7. The van der Waals surface area contributed by atoms with Gasteiger partial charge < -0.3 is 10.6 Å². The second kappa shape index (κ2) is 8.63. The fourth-order valence-corrected chi connectivity index (χ4v) is 4.81. The molecule has 0 unspecified atom stereocenters. The van der Waals surface area contributed by atoms with Crippen molar-refractivity contribution in [3.8, 4) is 6.07 Å². The molecule has 154 valence electrons. The van der Waals surface area contributed by atoms with Gasteiger partial charge in [0.2, 0.25) is 0 Å². The molecular weight excluding hydrogens is 400 g/mol. The summed E-state index contributed by atoms with van der Waals surface area (Å²) in [7, 11) is 0. The summed E-state index contributed by atoms with van der Waals surface area (Å²) in [5.74, 6) is 1.09. The van der Waals surface area contributed by atoms with Gasteiger partial charge in [-0.2, -0.15) is 5.26 Å². The Hall–Kier alpha value is -3.25. The summed E-state index contributed by atoms with van der Waals surface area (Å²) in [6, 6.07) is 5.46. The summed E-state index contributed by atoms with van der Waals surface area (Å²) in [4.78, 5) is 35.7. The van der Waals surface area contributed by atoms with Crippen molar-refractivity contribution < 1.29 is 4.79 Å². The Morgan fingerprint density at radius 1 is 1.33 bits per heavy atom. The molecule has 1 aliphatic rings. The van der Waals surface area contributed by atoms with E-state index in [0.29, 0.717) is 51.7 Å². The van der Waals surface area contributed by atoms with Crippen molar-refractivity contribution in [1.29, 1.82) is 5.26 Å². The molecule has 3 aromatic heterocycles. The lowest BCUT2D eigenvalue weighted by Crippen LogP contribution is -2.29. The van der Waals surface area contributed by atoms with Gasteiger partial charge in [0.05, 0.1) is 15.8 Å². The number of nitriles is 1. The minimum atomic E-state index is -0.224. The molecule has 0 spiro atoms. The quantitative estimate of drug-likeness (QED) is 0.611. The molecule has 0 atom stereocenters. The van der Waals surface area contributed by atoms with Crippen LogP contribution in [0, 0.1) is 18.3 Å². The Labute approximate surface area is 177 Å². The van der Waals surface area contributed by atoms with E-state index in [2.05, 4.69) is 21.7 Å². The highest BCUT2D eigenvalue weighted by Gasteiger charge is 2.22. The first-order valence-corrected chi connectivity index (χ1v) is 10.8. The molecule has 0 aromatic carbocycles. The number of fused-ring (bicyclic) bond motifs is 2. The molecule has 30 heavy (non-hydrogen) atoms. The average molecular weight is 423 g/mol. The Morgan fingerprint density at radius 3 is 3.03 bits per heavy atom. The van der Waals surface area contributed by atoms with Crippen LogP contribution >= 0.6 is 11.3 Å². The third kappa shape index (κ3) is 3.78. The number of amides is 1. The maximum absolute atomic E-state index is 13.0. The zero-order valence-electron chi connectivity index (χ0n) is 16.7. The minimum absolute atomic E-state index is 0.0365. The van der Waals surface area contributed by atoms with E-state index in [4.69, 9.17) is 10.2 Å². The van der Waals surface area contributed by atoms with Crippen molar-refractivity contribution in [2.45, 2.75) is 39.2 Å². The predicted molar refractivity (Wildman–Crippen MR) is 116 cm³/mol. The van der Waals surface area contributed by atoms with Crippen LogP contribution in [0.2, 0.25) is 0 Å². The molecule has 0 fully saturated rings. The lowest BCUT2D eigenvalue weighted by Gasteiger charge is -2.08. The van der Waals surface area contributed by atoms with Crippen LogP contribution in [0.5, 0.6) is 0 Å². The van der Waals surface area contributed by atoms with Gasteiger partial charge in [-0.05, 0) is 37.5 Å². The van der Waals surface area contributed by atoms with Gasteiger partial charge in [0.15, 0.2) is 0 Å². The second-order valence-electron chi connectivity index (χ2n) is 7.23. The van der Waals surface area contributed by atoms with Gasteiger partial charge in [0, 0.05) is 32.3 Å². The summed E-state index contributed by atoms with van der Waals surface area (Å²) in [6.07, 6.45) is 5.52. The van der Waals surface area contributed by atoms with Crippen molar-refractivity contribution in [3.05, 3.63) is 50.5 Å². The predicted octanol–water partition coefficient (Wildman–Crippen LogP) is 2.60. The minimum Gasteiger partial charge on any atom is -0.367 e. The highest BCUT2D eigenvalue weighted by molar-refractivity contribution is 7.20. The third-order valence-corrected chi connectivity index (χ3v) is 6.43. The van der Waals surface area contributed by atoms with Crippen LogP contribution < -0.4 is 16.2 Å². The van der Waals surface area contributed by atoms with Gasteiger partial charge in [0.1, 0.15) is 22.5 Å². The number of carbonyl (C=O) groups is 1. The fraction of sp³-hybridized carbons (Fsp3) is 0.381. The average Bonchev–Trinajstić information content (AvgIpc) is 2.92. The number of rotatable bonds is 5. The van der Waals surface area contributed by atoms with E-state index in [1.807, 2.05) is 6.92 Å². The van der Waals surface area contributed by atoms with E-state index in [1.165, 1.54) is 11.3 Å². The number of pyridine rings is 1. The molecule has 0 bridgehead atoms. The summed E-state index contributed by atoms with van der Waals surface area (Å²) in [6.45, 7) is 3.29. The molecule has 4 rings (SSSR count). The number of aromatic nitrogens is 3. The van der Waals surface area contributed by atoms with Crippen LogP contribution in [0.4, 0.5) is 5.82 Å². The number of nitrogens with zero attached hydrogens (tertiary/aromatic N) is 4. The summed E-state index contributed by atoms with van der Waals surface area (Å²) >= 11 is 1.27. The van der Waals surface area contributed by atoms with Crippen LogP contribution in [-0.4, -0.2) is 33.5 Å². The molecule has 3 aromatic rings. The molecule has 0 aliphatic carbocycles. The smallest absolute Gasteiger partial charge is 0.262 e. The third-order valence-electron chi connectivity index (χ3n) is 5.25. The van der Waals surface area contributed by atoms with Gasteiger partial charge in [0.25, 0.3) is 11.5 Å². The molecule has 0 saturated heterocycles. The Kier molecular flexibility index (Phi) is 5.77.